The van der Waals surface area contributed by atoms with Gasteiger partial charge in [-0.05, 0) is 37.8 Å². The fourth-order valence-corrected chi connectivity index (χ4v) is 2.05. The van der Waals surface area contributed by atoms with E-state index in [1.165, 1.54) is 11.1 Å². The van der Waals surface area contributed by atoms with Crippen molar-refractivity contribution >= 4 is 0 Å². The van der Waals surface area contributed by atoms with Crippen LogP contribution in [0.5, 0.6) is 5.75 Å². The predicted octanol–water partition coefficient (Wildman–Crippen LogP) is 2.71. The largest absolute Gasteiger partial charge is 0.491 e. The van der Waals surface area contributed by atoms with Gasteiger partial charge in [-0.2, -0.15) is 0 Å². The number of ether oxygens (including phenoxy) is 3. The van der Waals surface area contributed by atoms with Crippen LogP contribution in [0, 0.1) is 6.92 Å². The maximum Gasteiger partial charge on any atom is 0.122 e. The van der Waals surface area contributed by atoms with Gasteiger partial charge in [0.2, 0.25) is 0 Å². The van der Waals surface area contributed by atoms with E-state index in [-0.39, 0.29) is 6.04 Å². The molecule has 0 amide bonds. The van der Waals surface area contributed by atoms with E-state index < -0.39 is 0 Å². The van der Waals surface area contributed by atoms with E-state index in [1.807, 2.05) is 6.07 Å². The SMILES string of the molecule is CCC(N)Cc1cc(C)ccc1OCCOCCCOC. The zero-order valence-electron chi connectivity index (χ0n) is 13.6. The van der Waals surface area contributed by atoms with E-state index >= 15 is 0 Å². The highest BCUT2D eigenvalue weighted by Gasteiger charge is 2.08. The van der Waals surface area contributed by atoms with E-state index in [4.69, 9.17) is 19.9 Å². The molecule has 21 heavy (non-hydrogen) atoms. The summed E-state index contributed by atoms with van der Waals surface area (Å²) >= 11 is 0. The zero-order valence-corrected chi connectivity index (χ0v) is 13.6. The van der Waals surface area contributed by atoms with Crippen molar-refractivity contribution in [2.24, 2.45) is 5.73 Å². The first-order chi connectivity index (χ1) is 10.2. The standard InChI is InChI=1S/C17H29NO3/c1-4-16(18)13-15-12-14(2)6-7-17(15)21-11-10-20-9-5-8-19-3/h6-7,12,16H,4-5,8-11,13,18H2,1-3H3. The van der Waals surface area contributed by atoms with Crippen molar-refractivity contribution in [3.8, 4) is 5.75 Å². The van der Waals surface area contributed by atoms with Crippen LogP contribution in [-0.2, 0) is 15.9 Å². The van der Waals surface area contributed by atoms with Gasteiger partial charge in [0, 0.05) is 26.4 Å². The average Bonchev–Trinajstić information content (AvgIpc) is 2.48. The van der Waals surface area contributed by atoms with E-state index in [0.717, 1.165) is 31.6 Å². The van der Waals surface area contributed by atoms with E-state index in [9.17, 15) is 0 Å². The van der Waals surface area contributed by atoms with Gasteiger partial charge in [0.1, 0.15) is 12.4 Å². The van der Waals surface area contributed by atoms with Gasteiger partial charge in [-0.15, -0.1) is 0 Å². The molecule has 1 aromatic rings. The number of hydrogen-bond acceptors (Lipinski definition) is 4. The molecule has 0 spiro atoms. The van der Waals surface area contributed by atoms with Gasteiger partial charge in [-0.1, -0.05) is 24.6 Å². The van der Waals surface area contributed by atoms with Crippen LogP contribution in [0.15, 0.2) is 18.2 Å². The fraction of sp³-hybridized carbons (Fsp3) is 0.647. The molecule has 0 aromatic heterocycles. The van der Waals surface area contributed by atoms with Crippen LogP contribution in [0.3, 0.4) is 0 Å². The molecule has 0 saturated carbocycles. The smallest absolute Gasteiger partial charge is 0.122 e. The second kappa shape index (κ2) is 10.6. The van der Waals surface area contributed by atoms with Gasteiger partial charge >= 0.3 is 0 Å². The van der Waals surface area contributed by atoms with Gasteiger partial charge in [0.05, 0.1) is 6.61 Å². The molecule has 4 nitrogen and oxygen atoms in total. The Hall–Kier alpha value is -1.10. The van der Waals surface area contributed by atoms with Crippen molar-refractivity contribution in [3.63, 3.8) is 0 Å². The topological polar surface area (TPSA) is 53.7 Å². The molecule has 1 rings (SSSR count). The van der Waals surface area contributed by atoms with Crippen LogP contribution >= 0.6 is 0 Å². The molecule has 120 valence electrons. The van der Waals surface area contributed by atoms with Crippen molar-refractivity contribution in [1.29, 1.82) is 0 Å². The molecule has 4 heteroatoms. The van der Waals surface area contributed by atoms with Crippen molar-refractivity contribution in [3.05, 3.63) is 29.3 Å². The molecule has 0 radical (unpaired) electrons. The zero-order chi connectivity index (χ0) is 15.5. The summed E-state index contributed by atoms with van der Waals surface area (Å²) in [7, 11) is 1.70. The van der Waals surface area contributed by atoms with Crippen LogP contribution in [0.2, 0.25) is 0 Å². The Bertz CT molecular complexity index is 396. The van der Waals surface area contributed by atoms with E-state index in [0.29, 0.717) is 19.8 Å². The van der Waals surface area contributed by atoms with Gasteiger partial charge in [-0.25, -0.2) is 0 Å². The Morgan fingerprint density at radius 2 is 1.95 bits per heavy atom. The lowest BCUT2D eigenvalue weighted by molar-refractivity contribution is 0.0804. The molecule has 0 aliphatic carbocycles. The molecule has 0 aliphatic rings. The quantitative estimate of drug-likeness (QED) is 0.638. The molecule has 1 unspecified atom stereocenters. The number of hydrogen-bond donors (Lipinski definition) is 1. The number of benzene rings is 1. The molecule has 0 aliphatic heterocycles. The van der Waals surface area contributed by atoms with Crippen LogP contribution in [0.4, 0.5) is 0 Å². The Kier molecular flexibility index (Phi) is 9.06. The molecular formula is C17H29NO3. The van der Waals surface area contributed by atoms with E-state index in [2.05, 4.69) is 26.0 Å². The molecule has 0 fully saturated rings. The molecule has 2 N–H and O–H groups in total. The summed E-state index contributed by atoms with van der Waals surface area (Å²) in [6.07, 6.45) is 2.73. The predicted molar refractivity (Wildman–Crippen MR) is 86.0 cm³/mol. The molecular weight excluding hydrogens is 266 g/mol. The third-order valence-corrected chi connectivity index (χ3v) is 3.34. The lowest BCUT2D eigenvalue weighted by Crippen LogP contribution is -2.22. The Balaban J connectivity index is 2.39. The van der Waals surface area contributed by atoms with Gasteiger partial charge in [0.25, 0.3) is 0 Å². The molecule has 0 saturated heterocycles. The second-order valence-corrected chi connectivity index (χ2v) is 5.29. The Morgan fingerprint density at radius 3 is 2.67 bits per heavy atom. The van der Waals surface area contributed by atoms with Crippen LogP contribution in [0.1, 0.15) is 30.9 Å². The number of aryl methyl sites for hydroxylation is 1. The normalized spacial score (nSPS) is 12.4. The minimum Gasteiger partial charge on any atom is -0.491 e. The second-order valence-electron chi connectivity index (χ2n) is 5.29. The monoisotopic (exact) mass is 295 g/mol. The van der Waals surface area contributed by atoms with Crippen LogP contribution in [0.25, 0.3) is 0 Å². The highest BCUT2D eigenvalue weighted by molar-refractivity contribution is 5.37. The molecule has 0 bridgehead atoms. The molecule has 1 aromatic carbocycles. The summed E-state index contributed by atoms with van der Waals surface area (Å²) in [6.45, 7) is 6.79. The lowest BCUT2D eigenvalue weighted by atomic mass is 10.0. The first kappa shape index (κ1) is 18.0. The van der Waals surface area contributed by atoms with Crippen molar-refractivity contribution < 1.29 is 14.2 Å². The Labute approximate surface area is 128 Å². The van der Waals surface area contributed by atoms with Gasteiger partial charge in [0.15, 0.2) is 0 Å². The summed E-state index contributed by atoms with van der Waals surface area (Å²) in [5.74, 6) is 0.921. The third kappa shape index (κ3) is 7.46. The highest BCUT2D eigenvalue weighted by atomic mass is 16.5. The number of methoxy groups -OCH3 is 1. The third-order valence-electron chi connectivity index (χ3n) is 3.34. The minimum atomic E-state index is 0.180. The summed E-state index contributed by atoms with van der Waals surface area (Å²) in [4.78, 5) is 0. The highest BCUT2D eigenvalue weighted by Crippen LogP contribution is 2.21. The summed E-state index contributed by atoms with van der Waals surface area (Å²) in [5, 5.41) is 0. The van der Waals surface area contributed by atoms with Crippen molar-refractivity contribution in [2.45, 2.75) is 39.2 Å². The van der Waals surface area contributed by atoms with Gasteiger partial charge in [-0.3, -0.25) is 0 Å². The first-order valence-corrected chi connectivity index (χ1v) is 7.72. The van der Waals surface area contributed by atoms with Gasteiger partial charge < -0.3 is 19.9 Å². The average molecular weight is 295 g/mol. The number of rotatable bonds is 11. The lowest BCUT2D eigenvalue weighted by Gasteiger charge is -2.15. The molecule has 1 atom stereocenters. The maximum atomic E-state index is 6.05. The maximum absolute atomic E-state index is 6.05. The minimum absolute atomic E-state index is 0.180. The summed E-state index contributed by atoms with van der Waals surface area (Å²) in [6, 6.07) is 6.43. The summed E-state index contributed by atoms with van der Waals surface area (Å²) < 4.78 is 16.3. The van der Waals surface area contributed by atoms with E-state index in [1.54, 1.807) is 7.11 Å². The number of nitrogens with two attached hydrogens (primary N) is 1. The molecule has 0 heterocycles. The first-order valence-electron chi connectivity index (χ1n) is 7.72. The fourth-order valence-electron chi connectivity index (χ4n) is 2.05. The van der Waals surface area contributed by atoms with Crippen LogP contribution < -0.4 is 10.5 Å². The van der Waals surface area contributed by atoms with Crippen molar-refractivity contribution in [2.75, 3.05) is 33.5 Å². The summed E-state index contributed by atoms with van der Waals surface area (Å²) in [5.41, 5.74) is 8.47. The Morgan fingerprint density at radius 1 is 1.14 bits per heavy atom. The van der Waals surface area contributed by atoms with Crippen molar-refractivity contribution in [1.82, 2.24) is 0 Å². The van der Waals surface area contributed by atoms with Crippen LogP contribution in [-0.4, -0.2) is 39.6 Å².